The van der Waals surface area contributed by atoms with E-state index in [-0.39, 0.29) is 5.41 Å². The number of hydrogen-bond acceptors (Lipinski definition) is 0. The number of rotatable bonds is 2. The summed E-state index contributed by atoms with van der Waals surface area (Å²) < 4.78 is 2.37. The number of aromatic amines is 1. The summed E-state index contributed by atoms with van der Waals surface area (Å²) in [4.78, 5) is 3.82. The maximum Gasteiger partial charge on any atom is 0.0541 e. The van der Waals surface area contributed by atoms with Crippen LogP contribution in [-0.2, 0) is 5.41 Å². The van der Waals surface area contributed by atoms with Crippen LogP contribution in [0.25, 0.3) is 71.6 Å². The molecule has 2 nitrogen and oxygen atoms in total. The van der Waals surface area contributed by atoms with E-state index in [9.17, 15) is 0 Å². The maximum atomic E-state index is 3.82. The number of aromatic nitrogens is 2. The van der Waals surface area contributed by atoms with Crippen molar-refractivity contribution < 1.29 is 0 Å². The van der Waals surface area contributed by atoms with E-state index in [2.05, 4.69) is 151 Å². The number of fused-ring (bicyclic) bond motifs is 10. The number of para-hydroxylation sites is 2. The van der Waals surface area contributed by atoms with Gasteiger partial charge in [-0.2, -0.15) is 0 Å². The van der Waals surface area contributed by atoms with Gasteiger partial charge in [0.1, 0.15) is 0 Å². The van der Waals surface area contributed by atoms with Crippen molar-refractivity contribution in [1.29, 1.82) is 0 Å². The minimum Gasteiger partial charge on any atom is -0.354 e. The summed E-state index contributed by atoms with van der Waals surface area (Å²) >= 11 is 0. The van der Waals surface area contributed by atoms with E-state index in [0.29, 0.717) is 0 Å². The van der Waals surface area contributed by atoms with Crippen molar-refractivity contribution in [2.75, 3.05) is 0 Å². The van der Waals surface area contributed by atoms with Crippen LogP contribution < -0.4 is 0 Å². The number of nitrogens with zero attached hydrogens (tertiary/aromatic N) is 1. The molecule has 8 aromatic rings. The highest BCUT2D eigenvalue weighted by atomic mass is 15.0. The summed E-state index contributed by atoms with van der Waals surface area (Å²) in [7, 11) is 0. The Morgan fingerprint density at radius 2 is 1.24 bits per heavy atom. The van der Waals surface area contributed by atoms with Crippen molar-refractivity contribution in [3.63, 3.8) is 0 Å². The predicted molar refractivity (Wildman–Crippen MR) is 173 cm³/mol. The van der Waals surface area contributed by atoms with Crippen LogP contribution in [0.5, 0.6) is 0 Å². The molecule has 0 aliphatic heterocycles. The van der Waals surface area contributed by atoms with Crippen LogP contribution in [0.1, 0.15) is 25.0 Å². The van der Waals surface area contributed by atoms with Crippen LogP contribution in [0, 0.1) is 0 Å². The summed E-state index contributed by atoms with van der Waals surface area (Å²) in [6.45, 7) is 4.71. The average Bonchev–Trinajstić information content (AvgIpc) is 3.63. The Morgan fingerprint density at radius 1 is 0.537 bits per heavy atom. The third-order valence-electron chi connectivity index (χ3n) is 9.31. The monoisotopic (exact) mass is 524 g/mol. The van der Waals surface area contributed by atoms with Gasteiger partial charge in [0, 0.05) is 38.2 Å². The van der Waals surface area contributed by atoms with Gasteiger partial charge >= 0.3 is 0 Å². The molecular weight excluding hydrogens is 496 g/mol. The lowest BCUT2D eigenvalue weighted by atomic mass is 9.81. The highest BCUT2D eigenvalue weighted by Crippen LogP contribution is 2.51. The van der Waals surface area contributed by atoms with Crippen molar-refractivity contribution >= 4 is 43.6 Å². The van der Waals surface area contributed by atoms with E-state index >= 15 is 0 Å². The fraction of sp³-hybridized carbons (Fsp3) is 0.0769. The molecule has 6 aromatic carbocycles. The molecule has 41 heavy (non-hydrogen) atoms. The van der Waals surface area contributed by atoms with Crippen LogP contribution in [0.2, 0.25) is 0 Å². The summed E-state index contributed by atoms with van der Waals surface area (Å²) in [5.41, 5.74) is 14.0. The van der Waals surface area contributed by atoms with Gasteiger partial charge in [-0.15, -0.1) is 0 Å². The molecule has 1 aliphatic rings. The SMILES string of the molecule is CC1(C)c2ccccc2-c2ccc3c([nH]c4ccc(-c5ccc6c(c5)c5ccccc5n6-c5ccccc5)cc43)c21. The van der Waals surface area contributed by atoms with Gasteiger partial charge in [0.15, 0.2) is 0 Å². The van der Waals surface area contributed by atoms with Crippen molar-refractivity contribution in [2.24, 2.45) is 0 Å². The van der Waals surface area contributed by atoms with Gasteiger partial charge in [0.25, 0.3) is 0 Å². The molecule has 2 heteroatoms. The predicted octanol–water partition coefficient (Wildman–Crippen LogP) is 10.4. The molecule has 0 spiro atoms. The first-order valence-corrected chi connectivity index (χ1v) is 14.4. The standard InChI is InChI=1S/C39H28N2/c1-39(2)33-14-8-6-12-27(33)29-18-19-30-31-22-24(16-20-34(31)40-38(30)37(29)39)25-17-21-36-32(23-25)28-13-7-9-15-35(28)41(36)26-10-4-3-5-11-26/h3-23,40H,1-2H3. The second-order valence-electron chi connectivity index (χ2n) is 11.9. The topological polar surface area (TPSA) is 20.7 Å². The molecule has 1 aliphatic carbocycles. The van der Waals surface area contributed by atoms with Crippen LogP contribution in [0.4, 0.5) is 0 Å². The smallest absolute Gasteiger partial charge is 0.0541 e. The summed E-state index contributed by atoms with van der Waals surface area (Å²) in [6, 6.07) is 46.7. The van der Waals surface area contributed by atoms with Crippen molar-refractivity contribution in [1.82, 2.24) is 9.55 Å². The van der Waals surface area contributed by atoms with Crippen LogP contribution >= 0.6 is 0 Å². The Morgan fingerprint density at radius 3 is 2.12 bits per heavy atom. The minimum atomic E-state index is -0.0485. The third kappa shape index (κ3) is 3.02. The van der Waals surface area contributed by atoms with E-state index in [4.69, 9.17) is 0 Å². The quantitative estimate of drug-likeness (QED) is 0.232. The zero-order valence-corrected chi connectivity index (χ0v) is 23.1. The fourth-order valence-corrected chi connectivity index (χ4v) is 7.43. The van der Waals surface area contributed by atoms with Gasteiger partial charge in [-0.25, -0.2) is 0 Å². The Kier molecular flexibility index (Phi) is 4.42. The van der Waals surface area contributed by atoms with Gasteiger partial charge < -0.3 is 9.55 Å². The zero-order chi connectivity index (χ0) is 27.3. The maximum absolute atomic E-state index is 3.82. The van der Waals surface area contributed by atoms with Crippen molar-refractivity contribution in [3.8, 4) is 27.9 Å². The molecule has 0 fully saturated rings. The molecule has 194 valence electrons. The van der Waals surface area contributed by atoms with E-state index in [1.54, 1.807) is 0 Å². The Balaban J connectivity index is 1.24. The third-order valence-corrected chi connectivity index (χ3v) is 9.31. The largest absolute Gasteiger partial charge is 0.354 e. The first-order chi connectivity index (χ1) is 20.1. The molecule has 0 radical (unpaired) electrons. The number of benzene rings is 6. The second kappa shape index (κ2) is 7.99. The van der Waals surface area contributed by atoms with Crippen molar-refractivity contribution in [2.45, 2.75) is 19.3 Å². The van der Waals surface area contributed by atoms with Gasteiger partial charge in [-0.1, -0.05) is 98.8 Å². The van der Waals surface area contributed by atoms with Crippen LogP contribution in [-0.4, -0.2) is 9.55 Å². The summed E-state index contributed by atoms with van der Waals surface area (Å²) in [6.07, 6.45) is 0. The molecular formula is C39H28N2. The molecule has 2 aromatic heterocycles. The van der Waals surface area contributed by atoms with Crippen LogP contribution in [0.15, 0.2) is 127 Å². The molecule has 1 N–H and O–H groups in total. The Labute approximate surface area is 238 Å². The van der Waals surface area contributed by atoms with Gasteiger partial charge in [-0.3, -0.25) is 0 Å². The highest BCUT2D eigenvalue weighted by Gasteiger charge is 2.37. The summed E-state index contributed by atoms with van der Waals surface area (Å²) in [5.74, 6) is 0. The lowest BCUT2D eigenvalue weighted by molar-refractivity contribution is 0.665. The van der Waals surface area contributed by atoms with E-state index in [0.717, 1.165) is 0 Å². The van der Waals surface area contributed by atoms with Gasteiger partial charge in [0.2, 0.25) is 0 Å². The van der Waals surface area contributed by atoms with Gasteiger partial charge in [0.05, 0.1) is 16.6 Å². The Bertz CT molecular complexity index is 2330. The second-order valence-corrected chi connectivity index (χ2v) is 11.9. The zero-order valence-electron chi connectivity index (χ0n) is 23.1. The van der Waals surface area contributed by atoms with E-state index in [1.165, 1.54) is 82.7 Å². The normalized spacial score (nSPS) is 13.8. The first-order valence-electron chi connectivity index (χ1n) is 14.4. The van der Waals surface area contributed by atoms with Crippen LogP contribution in [0.3, 0.4) is 0 Å². The number of nitrogens with one attached hydrogen (secondary N) is 1. The molecule has 0 amide bonds. The van der Waals surface area contributed by atoms with E-state index < -0.39 is 0 Å². The molecule has 2 heterocycles. The minimum absolute atomic E-state index is 0.0485. The van der Waals surface area contributed by atoms with Gasteiger partial charge in [-0.05, 0) is 75.8 Å². The lowest BCUT2D eigenvalue weighted by Crippen LogP contribution is -2.15. The van der Waals surface area contributed by atoms with Crippen molar-refractivity contribution in [3.05, 3.63) is 139 Å². The lowest BCUT2D eigenvalue weighted by Gasteiger charge is -2.22. The average molecular weight is 525 g/mol. The molecule has 0 bridgehead atoms. The Hall–Kier alpha value is -5.08. The highest BCUT2D eigenvalue weighted by molar-refractivity contribution is 6.13. The first kappa shape index (κ1) is 22.7. The fourth-order valence-electron chi connectivity index (χ4n) is 7.43. The number of H-pyrrole nitrogens is 1. The molecule has 9 rings (SSSR count). The molecule has 0 atom stereocenters. The molecule has 0 unspecified atom stereocenters. The number of hydrogen-bond donors (Lipinski definition) is 1. The molecule has 0 saturated carbocycles. The van der Waals surface area contributed by atoms with E-state index in [1.807, 2.05) is 0 Å². The molecule has 0 saturated heterocycles. The summed E-state index contributed by atoms with van der Waals surface area (Å²) in [5, 5.41) is 5.12.